The molecule has 1 aliphatic rings. The number of alkyl halides is 1. The number of fused-ring (bicyclic) bond motifs is 1. The molecule has 11 heteroatoms. The Bertz CT molecular complexity index is 1270. The molecule has 1 saturated heterocycles. The first-order valence-electron chi connectivity index (χ1n) is 10.5. The van der Waals surface area contributed by atoms with Crippen LogP contribution in [0.2, 0.25) is 0 Å². The van der Waals surface area contributed by atoms with Gasteiger partial charge in [-0.3, -0.25) is 5.10 Å². The van der Waals surface area contributed by atoms with Gasteiger partial charge in [0.05, 0.1) is 5.69 Å². The number of hydrogen-bond acceptors (Lipinski definition) is 8. The third-order valence-corrected chi connectivity index (χ3v) is 6.08. The molecule has 1 aliphatic heterocycles. The summed E-state index contributed by atoms with van der Waals surface area (Å²) in [5, 5.41) is 11.4. The average Bonchev–Trinajstić information content (AvgIpc) is 3.21. The molecule has 8 nitrogen and oxygen atoms in total. The summed E-state index contributed by atoms with van der Waals surface area (Å²) in [6, 6.07) is 10.1. The van der Waals surface area contributed by atoms with Crippen LogP contribution in [0.4, 0.5) is 14.5 Å². The van der Waals surface area contributed by atoms with Gasteiger partial charge in [0.1, 0.15) is 28.5 Å². The van der Waals surface area contributed by atoms with Gasteiger partial charge in [-0.15, -0.1) is 0 Å². The smallest absolute Gasteiger partial charge is 0.229 e. The van der Waals surface area contributed by atoms with Crippen LogP contribution in [0.5, 0.6) is 5.88 Å². The number of hydrogen-bond donors (Lipinski definition) is 3. The van der Waals surface area contributed by atoms with Crippen LogP contribution >= 0.6 is 11.9 Å². The maximum absolute atomic E-state index is 14.8. The largest absolute Gasteiger partial charge is 0.471 e. The van der Waals surface area contributed by atoms with Crippen LogP contribution in [-0.2, 0) is 0 Å². The number of ether oxygens (including phenoxy) is 1. The maximum atomic E-state index is 14.8. The Labute approximate surface area is 192 Å². The van der Waals surface area contributed by atoms with Gasteiger partial charge >= 0.3 is 0 Å². The van der Waals surface area contributed by atoms with Crippen LogP contribution in [0.15, 0.2) is 47.6 Å². The number of benzene rings is 1. The van der Waals surface area contributed by atoms with E-state index >= 15 is 0 Å². The van der Waals surface area contributed by atoms with Gasteiger partial charge in [0.2, 0.25) is 5.88 Å². The molecule has 4 heterocycles. The Hall–Kier alpha value is -3.31. The highest BCUT2D eigenvalue weighted by Gasteiger charge is 2.28. The first kappa shape index (κ1) is 21.5. The van der Waals surface area contributed by atoms with Gasteiger partial charge < -0.3 is 14.8 Å². The predicted octanol–water partition coefficient (Wildman–Crippen LogP) is 4.06. The Kier molecular flexibility index (Phi) is 6.05. The SMILES string of the molecule is Cc1[nH]nc2nc(-c3ccc(NSc4ccccn4)c(F)c3)nc(OC3CCNC[C@@H]3F)c12. The average molecular weight is 470 g/mol. The van der Waals surface area contributed by atoms with Crippen molar-refractivity contribution in [3.63, 3.8) is 0 Å². The second-order valence-corrected chi connectivity index (χ2v) is 8.46. The second kappa shape index (κ2) is 9.28. The molecule has 33 heavy (non-hydrogen) atoms. The predicted molar refractivity (Wildman–Crippen MR) is 122 cm³/mol. The zero-order chi connectivity index (χ0) is 22.8. The lowest BCUT2D eigenvalue weighted by Gasteiger charge is -2.27. The minimum absolute atomic E-state index is 0.228. The molecule has 1 aromatic carbocycles. The van der Waals surface area contributed by atoms with E-state index in [0.29, 0.717) is 40.9 Å². The summed E-state index contributed by atoms with van der Waals surface area (Å²) in [6.45, 7) is 2.71. The van der Waals surface area contributed by atoms with E-state index in [9.17, 15) is 8.78 Å². The zero-order valence-corrected chi connectivity index (χ0v) is 18.5. The first-order chi connectivity index (χ1) is 16.1. The number of H-pyrrole nitrogens is 1. The van der Waals surface area contributed by atoms with E-state index in [1.54, 1.807) is 18.3 Å². The number of rotatable bonds is 6. The fourth-order valence-corrected chi connectivity index (χ4v) is 4.21. The molecule has 5 rings (SSSR count). The molecule has 0 bridgehead atoms. The summed E-state index contributed by atoms with van der Waals surface area (Å²) in [6.07, 6.45) is 0.404. The lowest BCUT2D eigenvalue weighted by atomic mass is 10.1. The molecule has 4 aromatic rings. The molecule has 0 spiro atoms. The fourth-order valence-electron chi connectivity index (χ4n) is 3.57. The number of nitrogens with zero attached hydrogens (tertiary/aromatic N) is 4. The number of nitrogens with one attached hydrogen (secondary N) is 3. The molecule has 2 atom stereocenters. The summed E-state index contributed by atoms with van der Waals surface area (Å²) >= 11 is 1.21. The summed E-state index contributed by atoms with van der Waals surface area (Å²) < 4.78 is 38.1. The van der Waals surface area contributed by atoms with Crippen LogP contribution in [0.1, 0.15) is 12.1 Å². The molecule has 170 valence electrons. The molecule has 0 amide bonds. The highest BCUT2D eigenvalue weighted by atomic mass is 32.2. The topological polar surface area (TPSA) is 101 Å². The molecule has 1 fully saturated rings. The number of anilines is 1. The second-order valence-electron chi connectivity index (χ2n) is 7.63. The molecule has 3 aromatic heterocycles. The van der Waals surface area contributed by atoms with E-state index < -0.39 is 18.1 Å². The number of pyridine rings is 1. The van der Waals surface area contributed by atoms with E-state index in [1.165, 1.54) is 18.0 Å². The fraction of sp³-hybridized carbons (Fsp3) is 0.273. The zero-order valence-electron chi connectivity index (χ0n) is 17.7. The van der Waals surface area contributed by atoms with E-state index in [4.69, 9.17) is 4.74 Å². The van der Waals surface area contributed by atoms with Crippen LogP contribution in [0.25, 0.3) is 22.4 Å². The third-order valence-electron chi connectivity index (χ3n) is 5.30. The number of piperidine rings is 1. The van der Waals surface area contributed by atoms with Gasteiger partial charge in [0, 0.05) is 35.9 Å². The minimum Gasteiger partial charge on any atom is -0.471 e. The van der Waals surface area contributed by atoms with Crippen molar-refractivity contribution in [2.45, 2.75) is 30.6 Å². The number of aromatic amines is 1. The van der Waals surface area contributed by atoms with Gasteiger partial charge in [-0.05, 0) is 50.2 Å². The summed E-state index contributed by atoms with van der Waals surface area (Å²) in [7, 11) is 0. The molecule has 0 aliphatic carbocycles. The summed E-state index contributed by atoms with van der Waals surface area (Å²) in [5.41, 5.74) is 1.85. The van der Waals surface area contributed by atoms with Crippen molar-refractivity contribution in [3.8, 4) is 17.3 Å². The van der Waals surface area contributed by atoms with Crippen LogP contribution < -0.4 is 14.8 Å². The van der Waals surface area contributed by atoms with Crippen LogP contribution in [-0.4, -0.2) is 50.5 Å². The van der Waals surface area contributed by atoms with Crippen molar-refractivity contribution < 1.29 is 13.5 Å². The van der Waals surface area contributed by atoms with Gasteiger partial charge in [-0.25, -0.2) is 18.7 Å². The van der Waals surface area contributed by atoms with E-state index in [0.717, 1.165) is 5.03 Å². The van der Waals surface area contributed by atoms with Crippen molar-refractivity contribution >= 4 is 28.7 Å². The summed E-state index contributed by atoms with van der Waals surface area (Å²) in [4.78, 5) is 13.2. The number of aromatic nitrogens is 5. The van der Waals surface area contributed by atoms with Gasteiger partial charge in [-0.1, -0.05) is 6.07 Å². The molecule has 3 N–H and O–H groups in total. The Morgan fingerprint density at radius 2 is 2.12 bits per heavy atom. The van der Waals surface area contributed by atoms with Gasteiger partial charge in [0.25, 0.3) is 0 Å². The molecule has 0 radical (unpaired) electrons. The molecule has 0 saturated carbocycles. The minimum atomic E-state index is -1.15. The standard InChI is InChI=1S/C22H21F2N7OS/c1-12-19-21(30-29-12)27-20(28-22(19)32-17-7-9-25-11-15(17)24)13-5-6-16(14(23)10-13)31-33-18-4-2-3-8-26-18/h2-6,8,10,15,17,25,31H,7,9,11H2,1H3,(H,27,28,29,30)/t15-,17?/m0/s1. The Morgan fingerprint density at radius 1 is 1.21 bits per heavy atom. The number of aryl methyl sites for hydroxylation is 1. The van der Waals surface area contributed by atoms with E-state index in [1.807, 2.05) is 25.1 Å². The van der Waals surface area contributed by atoms with Crippen molar-refractivity contribution in [3.05, 3.63) is 54.1 Å². The first-order valence-corrected chi connectivity index (χ1v) is 11.3. The molecular formula is C22H21F2N7OS. The Morgan fingerprint density at radius 3 is 2.91 bits per heavy atom. The van der Waals surface area contributed by atoms with Crippen LogP contribution in [0.3, 0.4) is 0 Å². The van der Waals surface area contributed by atoms with E-state index in [-0.39, 0.29) is 18.2 Å². The van der Waals surface area contributed by atoms with E-state index in [2.05, 4.69) is 35.2 Å². The molecular weight excluding hydrogens is 448 g/mol. The van der Waals surface area contributed by atoms with Gasteiger partial charge in [0.15, 0.2) is 11.5 Å². The number of halogens is 2. The van der Waals surface area contributed by atoms with Crippen molar-refractivity contribution in [1.82, 2.24) is 30.5 Å². The van der Waals surface area contributed by atoms with Gasteiger partial charge in [-0.2, -0.15) is 10.1 Å². The third kappa shape index (κ3) is 4.60. The lowest BCUT2D eigenvalue weighted by Crippen LogP contribution is -2.44. The van der Waals surface area contributed by atoms with Crippen LogP contribution in [0, 0.1) is 12.7 Å². The highest BCUT2D eigenvalue weighted by molar-refractivity contribution is 8.00. The summed E-state index contributed by atoms with van der Waals surface area (Å²) in [5.74, 6) is 0.0165. The Balaban J connectivity index is 1.43. The monoisotopic (exact) mass is 469 g/mol. The van der Waals surface area contributed by atoms with Crippen molar-refractivity contribution in [2.24, 2.45) is 0 Å². The normalized spacial score (nSPS) is 18.4. The van der Waals surface area contributed by atoms with Crippen molar-refractivity contribution in [2.75, 3.05) is 17.8 Å². The maximum Gasteiger partial charge on any atom is 0.229 e. The lowest BCUT2D eigenvalue weighted by molar-refractivity contribution is 0.0707. The highest BCUT2D eigenvalue weighted by Crippen LogP contribution is 2.31. The quantitative estimate of drug-likeness (QED) is 0.364. The van der Waals surface area contributed by atoms with Crippen molar-refractivity contribution in [1.29, 1.82) is 0 Å². The molecule has 1 unspecified atom stereocenters.